The summed E-state index contributed by atoms with van der Waals surface area (Å²) >= 11 is 0. The molecule has 23 heavy (non-hydrogen) atoms. The summed E-state index contributed by atoms with van der Waals surface area (Å²) in [7, 11) is -0.425. The smallest absolute Gasteiger partial charge is 0.494 e. The van der Waals surface area contributed by atoms with Crippen molar-refractivity contribution >= 4 is 12.6 Å². The lowest BCUT2D eigenvalue weighted by Gasteiger charge is -2.32. The maximum atomic E-state index is 9.43. The molecule has 0 aromatic heterocycles. The molecule has 124 valence electrons. The highest BCUT2D eigenvalue weighted by Gasteiger charge is 2.51. The van der Waals surface area contributed by atoms with Crippen molar-refractivity contribution in [3.8, 4) is 11.8 Å². The van der Waals surface area contributed by atoms with Crippen molar-refractivity contribution in [2.24, 2.45) is 0 Å². The summed E-state index contributed by atoms with van der Waals surface area (Å²) in [5, 5.41) is 9.43. The Morgan fingerprint density at radius 1 is 1.17 bits per heavy atom. The summed E-state index contributed by atoms with van der Waals surface area (Å²) in [6.07, 6.45) is 0.739. The van der Waals surface area contributed by atoms with Crippen LogP contribution in [0.1, 0.15) is 59.4 Å². The zero-order valence-corrected chi connectivity index (χ0v) is 15.0. The van der Waals surface area contributed by atoms with Crippen LogP contribution >= 0.6 is 0 Å². The van der Waals surface area contributed by atoms with E-state index in [0.29, 0.717) is 6.61 Å². The number of hydrogen-bond donors (Lipinski definition) is 0. The van der Waals surface area contributed by atoms with E-state index in [1.807, 2.05) is 59.7 Å². The molecular weight excluding hydrogens is 289 g/mol. The molecule has 1 heterocycles. The minimum Gasteiger partial charge on any atom is -0.494 e. The van der Waals surface area contributed by atoms with E-state index in [0.717, 1.165) is 23.2 Å². The largest absolute Gasteiger partial charge is 0.494 e. The predicted octanol–water partition coefficient (Wildman–Crippen LogP) is 3.40. The SMILES string of the molecule is CCOc1ccc(B2OC(C)(C)C(C)(C)O2)cc1C(C#N)CC. The van der Waals surface area contributed by atoms with Crippen molar-refractivity contribution < 1.29 is 14.0 Å². The monoisotopic (exact) mass is 315 g/mol. The highest BCUT2D eigenvalue weighted by atomic mass is 16.7. The molecule has 4 nitrogen and oxygen atoms in total. The van der Waals surface area contributed by atoms with Crippen LogP contribution in [0.5, 0.6) is 5.75 Å². The number of nitrogens with zero attached hydrogens (tertiary/aromatic N) is 1. The minimum absolute atomic E-state index is 0.195. The van der Waals surface area contributed by atoms with Gasteiger partial charge in [0.1, 0.15) is 5.75 Å². The Labute approximate surface area is 139 Å². The predicted molar refractivity (Wildman–Crippen MR) is 92.0 cm³/mol. The van der Waals surface area contributed by atoms with Crippen LogP contribution in [0.15, 0.2) is 18.2 Å². The molecule has 0 bridgehead atoms. The molecule has 1 unspecified atom stereocenters. The molecule has 5 heteroatoms. The van der Waals surface area contributed by atoms with E-state index in [1.165, 1.54) is 0 Å². The van der Waals surface area contributed by atoms with Crippen molar-refractivity contribution in [1.82, 2.24) is 0 Å². The van der Waals surface area contributed by atoms with Crippen LogP contribution in [0.4, 0.5) is 0 Å². The van der Waals surface area contributed by atoms with Crippen molar-refractivity contribution in [2.45, 2.75) is 65.1 Å². The molecule has 0 amide bonds. The highest BCUT2D eigenvalue weighted by Crippen LogP contribution is 2.37. The van der Waals surface area contributed by atoms with Crippen LogP contribution in [0.25, 0.3) is 0 Å². The maximum Gasteiger partial charge on any atom is 0.494 e. The summed E-state index contributed by atoms with van der Waals surface area (Å²) in [4.78, 5) is 0. The van der Waals surface area contributed by atoms with Crippen LogP contribution in [0.3, 0.4) is 0 Å². The van der Waals surface area contributed by atoms with Gasteiger partial charge in [-0.2, -0.15) is 5.26 Å². The fraction of sp³-hybridized carbons (Fsp3) is 0.611. The second-order valence-corrected chi connectivity index (χ2v) is 6.91. The number of nitriles is 1. The molecule has 0 spiro atoms. The molecule has 1 aromatic rings. The van der Waals surface area contributed by atoms with Gasteiger partial charge in [-0.05, 0) is 52.6 Å². The molecule has 2 rings (SSSR count). The van der Waals surface area contributed by atoms with E-state index in [1.54, 1.807) is 0 Å². The summed E-state index contributed by atoms with van der Waals surface area (Å²) in [5.74, 6) is 0.570. The Morgan fingerprint density at radius 3 is 2.26 bits per heavy atom. The molecule has 1 atom stereocenters. The van der Waals surface area contributed by atoms with E-state index in [-0.39, 0.29) is 17.1 Å². The van der Waals surface area contributed by atoms with Gasteiger partial charge in [-0.15, -0.1) is 0 Å². The van der Waals surface area contributed by atoms with Gasteiger partial charge < -0.3 is 14.0 Å². The van der Waals surface area contributed by atoms with Gasteiger partial charge >= 0.3 is 7.12 Å². The topological polar surface area (TPSA) is 51.5 Å². The van der Waals surface area contributed by atoms with Crippen molar-refractivity contribution in [1.29, 1.82) is 5.26 Å². The zero-order valence-electron chi connectivity index (χ0n) is 15.0. The van der Waals surface area contributed by atoms with Gasteiger partial charge in [-0.1, -0.05) is 19.1 Å². The zero-order chi connectivity index (χ0) is 17.3. The molecule has 1 aliphatic rings. The second kappa shape index (κ2) is 6.55. The first-order valence-corrected chi connectivity index (χ1v) is 8.27. The Balaban J connectivity index is 2.39. The number of rotatable bonds is 5. The molecular formula is C18H26BNO3. The quantitative estimate of drug-likeness (QED) is 0.782. The average molecular weight is 315 g/mol. The molecule has 0 aliphatic carbocycles. The number of ether oxygens (including phenoxy) is 1. The summed E-state index contributed by atoms with van der Waals surface area (Å²) in [6, 6.07) is 8.22. The molecule has 1 aromatic carbocycles. The van der Waals surface area contributed by atoms with Gasteiger partial charge in [0, 0.05) is 5.56 Å². The van der Waals surface area contributed by atoms with Gasteiger partial charge in [0.15, 0.2) is 0 Å². The lowest BCUT2D eigenvalue weighted by Crippen LogP contribution is -2.41. The third kappa shape index (κ3) is 3.39. The van der Waals surface area contributed by atoms with Crippen molar-refractivity contribution in [3.05, 3.63) is 23.8 Å². The second-order valence-electron chi connectivity index (χ2n) is 6.91. The van der Waals surface area contributed by atoms with Crippen LogP contribution in [-0.4, -0.2) is 24.9 Å². The number of hydrogen-bond acceptors (Lipinski definition) is 4. The van der Waals surface area contributed by atoms with E-state index in [2.05, 4.69) is 6.07 Å². The van der Waals surface area contributed by atoms with E-state index in [9.17, 15) is 5.26 Å². The average Bonchev–Trinajstić information content (AvgIpc) is 2.70. The fourth-order valence-electron chi connectivity index (χ4n) is 2.63. The van der Waals surface area contributed by atoms with Gasteiger partial charge in [0.2, 0.25) is 0 Å². The molecule has 1 fully saturated rings. The summed E-state index contributed by atoms with van der Waals surface area (Å²) < 4.78 is 17.9. The fourth-order valence-corrected chi connectivity index (χ4v) is 2.63. The van der Waals surface area contributed by atoms with Crippen molar-refractivity contribution in [2.75, 3.05) is 6.61 Å². The van der Waals surface area contributed by atoms with Gasteiger partial charge in [0.05, 0.1) is 29.8 Å². The van der Waals surface area contributed by atoms with Crippen LogP contribution in [-0.2, 0) is 9.31 Å². The van der Waals surface area contributed by atoms with Gasteiger partial charge in [-0.3, -0.25) is 0 Å². The molecule has 0 N–H and O–H groups in total. The summed E-state index contributed by atoms with van der Waals surface area (Å²) in [5.41, 5.74) is 1.07. The molecule has 0 radical (unpaired) electrons. The Hall–Kier alpha value is -1.51. The Morgan fingerprint density at radius 2 is 1.78 bits per heavy atom. The van der Waals surface area contributed by atoms with Crippen LogP contribution < -0.4 is 10.2 Å². The normalized spacial score (nSPS) is 20.1. The Kier molecular flexibility index (Phi) is 5.08. The molecule has 1 saturated heterocycles. The third-order valence-corrected chi connectivity index (χ3v) is 4.80. The lowest BCUT2D eigenvalue weighted by molar-refractivity contribution is 0.00578. The van der Waals surface area contributed by atoms with Crippen LogP contribution in [0.2, 0.25) is 0 Å². The number of benzene rings is 1. The first-order chi connectivity index (χ1) is 10.8. The first-order valence-electron chi connectivity index (χ1n) is 8.27. The Bertz CT molecular complexity index is 591. The lowest BCUT2D eigenvalue weighted by atomic mass is 9.77. The van der Waals surface area contributed by atoms with E-state index < -0.39 is 7.12 Å². The van der Waals surface area contributed by atoms with Gasteiger partial charge in [0.25, 0.3) is 0 Å². The maximum absolute atomic E-state index is 9.43. The summed E-state index contributed by atoms with van der Waals surface area (Å²) in [6.45, 7) is 12.7. The molecule has 1 aliphatic heterocycles. The highest BCUT2D eigenvalue weighted by molar-refractivity contribution is 6.62. The van der Waals surface area contributed by atoms with Crippen molar-refractivity contribution in [3.63, 3.8) is 0 Å². The standard InChI is InChI=1S/C18H26BNO3/c1-7-13(12-20)15-11-14(9-10-16(15)21-8-2)19-22-17(3,4)18(5,6)23-19/h9-11,13H,7-8H2,1-6H3. The first kappa shape index (κ1) is 17.8. The van der Waals surface area contributed by atoms with Crippen LogP contribution in [0, 0.1) is 11.3 Å². The van der Waals surface area contributed by atoms with Gasteiger partial charge in [-0.25, -0.2) is 0 Å². The third-order valence-electron chi connectivity index (χ3n) is 4.80. The minimum atomic E-state index is -0.425. The molecule has 0 saturated carbocycles. The van der Waals surface area contributed by atoms with E-state index in [4.69, 9.17) is 14.0 Å². The van der Waals surface area contributed by atoms with E-state index >= 15 is 0 Å².